The lowest BCUT2D eigenvalue weighted by Crippen LogP contribution is -2.45. The fraction of sp³-hybridized carbons (Fsp3) is 0.333. The van der Waals surface area contributed by atoms with Crippen molar-refractivity contribution in [2.45, 2.75) is 45.7 Å². The Hall–Kier alpha value is -3.48. The number of amides is 3. The number of hydrogen-bond acceptors (Lipinski definition) is 5. The first-order chi connectivity index (χ1) is 15.0. The summed E-state index contributed by atoms with van der Waals surface area (Å²) in [6.45, 7) is 4.14. The summed E-state index contributed by atoms with van der Waals surface area (Å²) < 4.78 is 4.96. The Morgan fingerprint density at radius 3 is 2.32 bits per heavy atom. The highest BCUT2D eigenvalue weighted by atomic mass is 16.5. The van der Waals surface area contributed by atoms with E-state index in [-0.39, 0.29) is 31.4 Å². The molecule has 0 saturated carbocycles. The van der Waals surface area contributed by atoms with E-state index in [2.05, 4.69) is 0 Å². The standard InChI is InChI=1S/C24H26N2O5/c1-3-8-21(27)25(16-17-9-6-5-7-10-17)20-15-22(28)26(23(20)29)19-13-11-18(12-14-19)24(30)31-4-2/h5-7,9-14,20H,3-4,8,15-16H2,1-2H3. The molecule has 1 atom stereocenters. The van der Waals surface area contributed by atoms with E-state index in [0.717, 1.165) is 10.5 Å². The molecule has 0 spiro atoms. The normalized spacial score (nSPS) is 15.8. The zero-order valence-electron chi connectivity index (χ0n) is 17.7. The molecule has 2 aromatic carbocycles. The van der Waals surface area contributed by atoms with Crippen LogP contribution in [0.3, 0.4) is 0 Å². The maximum atomic E-state index is 13.2. The van der Waals surface area contributed by atoms with Crippen molar-refractivity contribution in [2.75, 3.05) is 11.5 Å². The Labute approximate surface area is 181 Å². The molecule has 0 aromatic heterocycles. The molecule has 0 aliphatic carbocycles. The molecule has 31 heavy (non-hydrogen) atoms. The summed E-state index contributed by atoms with van der Waals surface area (Å²) in [5.41, 5.74) is 1.60. The van der Waals surface area contributed by atoms with Gasteiger partial charge in [-0.05, 0) is 43.2 Å². The van der Waals surface area contributed by atoms with E-state index in [9.17, 15) is 19.2 Å². The second kappa shape index (κ2) is 10.0. The number of ether oxygens (including phenoxy) is 1. The summed E-state index contributed by atoms with van der Waals surface area (Å²) in [5.74, 6) is -1.43. The minimum absolute atomic E-state index is 0.0687. The minimum atomic E-state index is -0.850. The lowest BCUT2D eigenvalue weighted by Gasteiger charge is -2.28. The van der Waals surface area contributed by atoms with Crippen LogP contribution in [0, 0.1) is 0 Å². The molecule has 0 N–H and O–H groups in total. The average molecular weight is 422 g/mol. The predicted molar refractivity (Wildman–Crippen MR) is 115 cm³/mol. The first-order valence-electron chi connectivity index (χ1n) is 10.4. The van der Waals surface area contributed by atoms with E-state index in [1.165, 1.54) is 17.0 Å². The van der Waals surface area contributed by atoms with E-state index < -0.39 is 17.9 Å². The van der Waals surface area contributed by atoms with Crippen molar-refractivity contribution in [3.05, 3.63) is 65.7 Å². The number of carbonyl (C=O) groups excluding carboxylic acids is 4. The first-order valence-corrected chi connectivity index (χ1v) is 10.4. The lowest BCUT2D eigenvalue weighted by atomic mass is 10.1. The van der Waals surface area contributed by atoms with Crippen molar-refractivity contribution in [2.24, 2.45) is 0 Å². The van der Waals surface area contributed by atoms with Gasteiger partial charge >= 0.3 is 5.97 Å². The van der Waals surface area contributed by atoms with Crippen molar-refractivity contribution in [1.82, 2.24) is 4.90 Å². The summed E-state index contributed by atoms with van der Waals surface area (Å²) in [5, 5.41) is 0. The maximum Gasteiger partial charge on any atom is 0.338 e. The molecule has 1 aliphatic heterocycles. The van der Waals surface area contributed by atoms with Gasteiger partial charge in [0.1, 0.15) is 6.04 Å². The first kappa shape index (κ1) is 22.2. The van der Waals surface area contributed by atoms with Crippen LogP contribution in [0.5, 0.6) is 0 Å². The molecule has 7 nitrogen and oxygen atoms in total. The second-order valence-corrected chi connectivity index (χ2v) is 7.31. The van der Waals surface area contributed by atoms with Crippen LogP contribution in [0.1, 0.15) is 49.0 Å². The van der Waals surface area contributed by atoms with Gasteiger partial charge in [-0.3, -0.25) is 14.4 Å². The van der Waals surface area contributed by atoms with E-state index in [0.29, 0.717) is 24.1 Å². The molecule has 1 unspecified atom stereocenters. The molecule has 7 heteroatoms. The fourth-order valence-electron chi connectivity index (χ4n) is 3.60. The van der Waals surface area contributed by atoms with Crippen LogP contribution in [0.2, 0.25) is 0 Å². The summed E-state index contributed by atoms with van der Waals surface area (Å²) in [6.07, 6.45) is 0.887. The van der Waals surface area contributed by atoms with Crippen LogP contribution < -0.4 is 4.90 Å². The van der Waals surface area contributed by atoms with Crippen LogP contribution in [0.4, 0.5) is 5.69 Å². The Kier molecular flexibility index (Phi) is 7.18. The van der Waals surface area contributed by atoms with Gasteiger partial charge in [0, 0.05) is 13.0 Å². The Bertz CT molecular complexity index is 956. The fourth-order valence-corrected chi connectivity index (χ4v) is 3.60. The van der Waals surface area contributed by atoms with Gasteiger partial charge in [-0.15, -0.1) is 0 Å². The number of nitrogens with zero attached hydrogens (tertiary/aromatic N) is 2. The smallest absolute Gasteiger partial charge is 0.338 e. The van der Waals surface area contributed by atoms with Gasteiger partial charge in [0.05, 0.1) is 24.3 Å². The molecule has 0 radical (unpaired) electrons. The van der Waals surface area contributed by atoms with Crippen LogP contribution in [0.25, 0.3) is 0 Å². The third-order valence-electron chi connectivity index (χ3n) is 5.12. The minimum Gasteiger partial charge on any atom is -0.462 e. The van der Waals surface area contributed by atoms with Gasteiger partial charge in [0.15, 0.2) is 0 Å². The van der Waals surface area contributed by atoms with Crippen LogP contribution in [-0.4, -0.2) is 41.2 Å². The van der Waals surface area contributed by atoms with Gasteiger partial charge < -0.3 is 9.64 Å². The molecule has 3 amide bonds. The molecule has 1 fully saturated rings. The highest BCUT2D eigenvalue weighted by Crippen LogP contribution is 2.27. The Morgan fingerprint density at radius 2 is 1.71 bits per heavy atom. The largest absolute Gasteiger partial charge is 0.462 e. The van der Waals surface area contributed by atoms with Crippen LogP contribution >= 0.6 is 0 Å². The highest BCUT2D eigenvalue weighted by Gasteiger charge is 2.44. The SMILES string of the molecule is CCCC(=O)N(Cc1ccccc1)C1CC(=O)N(c2ccc(C(=O)OCC)cc2)C1=O. The van der Waals surface area contributed by atoms with Gasteiger partial charge in [0.2, 0.25) is 11.8 Å². The van der Waals surface area contributed by atoms with Crippen molar-refractivity contribution in [3.63, 3.8) is 0 Å². The number of imide groups is 1. The number of anilines is 1. The molecule has 1 heterocycles. The van der Waals surface area contributed by atoms with Gasteiger partial charge in [-0.1, -0.05) is 37.3 Å². The topological polar surface area (TPSA) is 84.0 Å². The Balaban J connectivity index is 1.83. The molecule has 3 rings (SSSR count). The second-order valence-electron chi connectivity index (χ2n) is 7.31. The summed E-state index contributed by atoms with van der Waals surface area (Å²) in [7, 11) is 0. The zero-order valence-corrected chi connectivity index (χ0v) is 17.7. The summed E-state index contributed by atoms with van der Waals surface area (Å²) in [6, 6.07) is 14.7. The van der Waals surface area contributed by atoms with Crippen molar-refractivity contribution >= 4 is 29.4 Å². The van der Waals surface area contributed by atoms with Crippen LogP contribution in [-0.2, 0) is 25.7 Å². The number of benzene rings is 2. The van der Waals surface area contributed by atoms with Crippen molar-refractivity contribution < 1.29 is 23.9 Å². The summed E-state index contributed by atoms with van der Waals surface area (Å²) in [4.78, 5) is 53.2. The number of rotatable bonds is 8. The molecule has 0 bridgehead atoms. The molecule has 162 valence electrons. The van der Waals surface area contributed by atoms with Crippen LogP contribution in [0.15, 0.2) is 54.6 Å². The Morgan fingerprint density at radius 1 is 1.03 bits per heavy atom. The lowest BCUT2D eigenvalue weighted by molar-refractivity contribution is -0.139. The number of carbonyl (C=O) groups is 4. The third-order valence-corrected chi connectivity index (χ3v) is 5.12. The monoisotopic (exact) mass is 422 g/mol. The molecule has 1 aliphatic rings. The summed E-state index contributed by atoms with van der Waals surface area (Å²) >= 11 is 0. The number of esters is 1. The molecular formula is C24H26N2O5. The molecular weight excluding hydrogens is 396 g/mol. The quantitative estimate of drug-likeness (QED) is 0.481. The van der Waals surface area contributed by atoms with E-state index in [1.54, 1.807) is 19.1 Å². The van der Waals surface area contributed by atoms with Gasteiger partial charge in [-0.2, -0.15) is 0 Å². The molecule has 1 saturated heterocycles. The van der Waals surface area contributed by atoms with E-state index in [1.807, 2.05) is 37.3 Å². The predicted octanol–water partition coefficient (Wildman–Crippen LogP) is 3.32. The zero-order chi connectivity index (χ0) is 22.4. The van der Waals surface area contributed by atoms with Crippen molar-refractivity contribution in [1.29, 1.82) is 0 Å². The van der Waals surface area contributed by atoms with E-state index in [4.69, 9.17) is 4.74 Å². The van der Waals surface area contributed by atoms with E-state index >= 15 is 0 Å². The number of hydrogen-bond donors (Lipinski definition) is 0. The highest BCUT2D eigenvalue weighted by molar-refractivity contribution is 6.23. The van der Waals surface area contributed by atoms with Gasteiger partial charge in [0.25, 0.3) is 5.91 Å². The van der Waals surface area contributed by atoms with Gasteiger partial charge in [-0.25, -0.2) is 9.69 Å². The third kappa shape index (κ3) is 4.99. The van der Waals surface area contributed by atoms with Crippen molar-refractivity contribution in [3.8, 4) is 0 Å². The maximum absolute atomic E-state index is 13.2. The average Bonchev–Trinajstić information content (AvgIpc) is 3.06. The molecule has 2 aromatic rings.